The molecule has 3 rings (SSSR count). The number of ether oxygens (including phenoxy) is 2. The molecule has 2 amide bonds. The minimum absolute atomic E-state index is 0.239. The first-order valence-electron chi connectivity index (χ1n) is 9.11. The molecule has 30 heavy (non-hydrogen) atoms. The Morgan fingerprint density at radius 1 is 1.23 bits per heavy atom. The molecule has 0 spiro atoms. The molecule has 0 saturated carbocycles. The van der Waals surface area contributed by atoms with Gasteiger partial charge in [-0.15, -0.1) is 11.3 Å². The Hall–Kier alpha value is -3.10. The van der Waals surface area contributed by atoms with E-state index < -0.39 is 11.8 Å². The number of nitrogens with one attached hydrogen (secondary N) is 2. The Labute approximate surface area is 182 Å². The largest absolute Gasteiger partial charge is 0.496 e. The molecule has 0 atom stereocenters. The number of hydrogen-bond donors (Lipinski definition) is 2. The van der Waals surface area contributed by atoms with Gasteiger partial charge in [0.15, 0.2) is 0 Å². The second-order valence-corrected chi connectivity index (χ2v) is 7.48. The number of carbonyl (C=O) groups excluding carboxylic acids is 2. The van der Waals surface area contributed by atoms with E-state index in [9.17, 15) is 9.59 Å². The summed E-state index contributed by atoms with van der Waals surface area (Å²) in [7, 11) is 1.54. The molecular formula is C21H20ClN3O4S. The number of fused-ring (bicyclic) bond motifs is 1. The zero-order valence-corrected chi connectivity index (χ0v) is 18.0. The van der Waals surface area contributed by atoms with E-state index in [0.29, 0.717) is 33.6 Å². The molecule has 7 nitrogen and oxygen atoms in total. The van der Waals surface area contributed by atoms with E-state index in [-0.39, 0.29) is 6.54 Å². The fourth-order valence-corrected chi connectivity index (χ4v) is 4.12. The van der Waals surface area contributed by atoms with E-state index in [1.54, 1.807) is 25.3 Å². The van der Waals surface area contributed by atoms with Crippen LogP contribution in [0, 0.1) is 0 Å². The third-order valence-corrected chi connectivity index (χ3v) is 5.73. The predicted octanol–water partition coefficient (Wildman–Crippen LogP) is 3.84. The number of hydrazone groups is 1. The highest BCUT2D eigenvalue weighted by Gasteiger charge is 2.17. The molecule has 0 aliphatic rings. The van der Waals surface area contributed by atoms with Crippen LogP contribution < -0.4 is 20.2 Å². The van der Waals surface area contributed by atoms with E-state index >= 15 is 0 Å². The maximum absolute atomic E-state index is 12.4. The molecule has 0 aliphatic heterocycles. The highest BCUT2D eigenvalue weighted by Crippen LogP contribution is 2.34. The molecule has 0 saturated heterocycles. The summed E-state index contributed by atoms with van der Waals surface area (Å²) >= 11 is 7.56. The number of amides is 2. The average Bonchev–Trinajstić information content (AvgIpc) is 3.09. The molecule has 0 fully saturated rings. The van der Waals surface area contributed by atoms with Crippen LogP contribution in [0.2, 0.25) is 5.02 Å². The summed E-state index contributed by atoms with van der Waals surface area (Å²) in [6, 6.07) is 12.8. The van der Waals surface area contributed by atoms with E-state index in [0.717, 1.165) is 10.1 Å². The van der Waals surface area contributed by atoms with Crippen LogP contribution in [0.15, 0.2) is 47.6 Å². The van der Waals surface area contributed by atoms with Gasteiger partial charge in [-0.1, -0.05) is 29.8 Å². The van der Waals surface area contributed by atoms with E-state index in [1.807, 2.05) is 31.2 Å². The lowest BCUT2D eigenvalue weighted by Crippen LogP contribution is -2.34. The topological polar surface area (TPSA) is 89.0 Å². The van der Waals surface area contributed by atoms with Crippen molar-refractivity contribution < 1.29 is 19.1 Å². The number of thiophene rings is 1. The molecule has 9 heteroatoms. The van der Waals surface area contributed by atoms with E-state index in [1.165, 1.54) is 17.6 Å². The quantitative estimate of drug-likeness (QED) is 0.407. The van der Waals surface area contributed by atoms with Gasteiger partial charge in [0.2, 0.25) is 0 Å². The van der Waals surface area contributed by atoms with Crippen LogP contribution in [0.4, 0.5) is 0 Å². The van der Waals surface area contributed by atoms with Crippen molar-refractivity contribution in [3.8, 4) is 11.5 Å². The molecule has 3 aromatic rings. The first kappa shape index (κ1) is 21.6. The second-order valence-electron chi connectivity index (χ2n) is 6.05. The normalized spacial score (nSPS) is 10.9. The van der Waals surface area contributed by atoms with Crippen LogP contribution in [-0.4, -0.2) is 38.3 Å². The number of halogens is 1. The van der Waals surface area contributed by atoms with Gasteiger partial charge in [-0.05, 0) is 31.2 Å². The van der Waals surface area contributed by atoms with Gasteiger partial charge in [0, 0.05) is 15.6 Å². The number of methoxy groups -OCH3 is 1. The first-order chi connectivity index (χ1) is 14.5. The predicted molar refractivity (Wildman–Crippen MR) is 119 cm³/mol. The van der Waals surface area contributed by atoms with Gasteiger partial charge in [0.05, 0.1) is 31.5 Å². The zero-order valence-electron chi connectivity index (χ0n) is 16.4. The van der Waals surface area contributed by atoms with Crippen LogP contribution in [0.5, 0.6) is 11.5 Å². The minimum Gasteiger partial charge on any atom is -0.496 e. The van der Waals surface area contributed by atoms with E-state index in [2.05, 4.69) is 15.8 Å². The van der Waals surface area contributed by atoms with Crippen LogP contribution in [0.25, 0.3) is 10.1 Å². The highest BCUT2D eigenvalue weighted by molar-refractivity contribution is 7.21. The third kappa shape index (κ3) is 5.08. The van der Waals surface area contributed by atoms with Gasteiger partial charge in [-0.25, -0.2) is 5.43 Å². The molecule has 0 aliphatic carbocycles. The Morgan fingerprint density at radius 3 is 2.77 bits per heavy atom. The summed E-state index contributed by atoms with van der Waals surface area (Å²) in [5, 5.41) is 7.67. The smallest absolute Gasteiger partial charge is 0.263 e. The molecule has 2 aromatic carbocycles. The number of nitrogens with zero attached hydrogens (tertiary/aromatic N) is 1. The summed E-state index contributed by atoms with van der Waals surface area (Å²) in [5.41, 5.74) is 3.02. The molecule has 2 N–H and O–H groups in total. The monoisotopic (exact) mass is 445 g/mol. The zero-order chi connectivity index (χ0) is 21.5. The van der Waals surface area contributed by atoms with Gasteiger partial charge >= 0.3 is 0 Å². The lowest BCUT2D eigenvalue weighted by Gasteiger charge is -2.08. The van der Waals surface area contributed by atoms with Crippen molar-refractivity contribution in [3.05, 3.63) is 57.9 Å². The Morgan fingerprint density at radius 2 is 2.03 bits per heavy atom. The maximum atomic E-state index is 12.4. The molecule has 156 valence electrons. The summed E-state index contributed by atoms with van der Waals surface area (Å²) in [4.78, 5) is 24.8. The fraction of sp³-hybridized carbons (Fsp3) is 0.190. The van der Waals surface area contributed by atoms with Gasteiger partial charge in [-0.3, -0.25) is 9.59 Å². The Kier molecular flexibility index (Phi) is 7.26. The van der Waals surface area contributed by atoms with Crippen LogP contribution in [0.1, 0.15) is 22.2 Å². The van der Waals surface area contributed by atoms with Gasteiger partial charge in [0.25, 0.3) is 11.8 Å². The Balaban J connectivity index is 1.57. The van der Waals surface area contributed by atoms with Crippen molar-refractivity contribution in [2.75, 3.05) is 20.3 Å². The molecule has 0 radical (unpaired) electrons. The SMILES string of the molecule is CCOc1ccc(OC)c(C=NNC(=O)CNC(=O)c2sc3ccccc3c2Cl)c1. The fourth-order valence-electron chi connectivity index (χ4n) is 2.68. The van der Waals surface area contributed by atoms with E-state index in [4.69, 9.17) is 21.1 Å². The van der Waals surface area contributed by atoms with Crippen molar-refractivity contribution in [3.63, 3.8) is 0 Å². The summed E-state index contributed by atoms with van der Waals surface area (Å²) in [6.07, 6.45) is 1.45. The summed E-state index contributed by atoms with van der Waals surface area (Å²) < 4.78 is 11.6. The minimum atomic E-state index is -0.475. The molecule has 1 aromatic heterocycles. The van der Waals surface area contributed by atoms with Crippen molar-refractivity contribution in [2.45, 2.75) is 6.92 Å². The molecule has 0 bridgehead atoms. The van der Waals surface area contributed by atoms with Crippen LogP contribution >= 0.6 is 22.9 Å². The van der Waals surface area contributed by atoms with Crippen LogP contribution in [-0.2, 0) is 4.79 Å². The average molecular weight is 446 g/mol. The number of carbonyl (C=O) groups is 2. The van der Waals surface area contributed by atoms with Gasteiger partial charge < -0.3 is 14.8 Å². The second kappa shape index (κ2) is 10.1. The number of rotatable bonds is 8. The lowest BCUT2D eigenvalue weighted by molar-refractivity contribution is -0.120. The van der Waals surface area contributed by atoms with Crippen molar-refractivity contribution in [1.82, 2.24) is 10.7 Å². The molecular weight excluding hydrogens is 426 g/mol. The molecule has 1 heterocycles. The van der Waals surface area contributed by atoms with Gasteiger partial charge in [-0.2, -0.15) is 5.10 Å². The van der Waals surface area contributed by atoms with Crippen molar-refractivity contribution >= 4 is 51.1 Å². The van der Waals surface area contributed by atoms with Crippen molar-refractivity contribution in [1.29, 1.82) is 0 Å². The first-order valence-corrected chi connectivity index (χ1v) is 10.3. The lowest BCUT2D eigenvalue weighted by atomic mass is 10.2. The molecule has 0 unspecified atom stereocenters. The highest BCUT2D eigenvalue weighted by atomic mass is 35.5. The van der Waals surface area contributed by atoms with Crippen molar-refractivity contribution in [2.24, 2.45) is 5.10 Å². The maximum Gasteiger partial charge on any atom is 0.263 e. The Bertz CT molecular complexity index is 1100. The number of benzene rings is 2. The third-order valence-electron chi connectivity index (χ3n) is 4.06. The van der Waals surface area contributed by atoms with Gasteiger partial charge in [0.1, 0.15) is 16.4 Å². The van der Waals surface area contributed by atoms with Crippen LogP contribution in [0.3, 0.4) is 0 Å². The number of hydrogen-bond acceptors (Lipinski definition) is 6. The summed E-state index contributed by atoms with van der Waals surface area (Å²) in [5.74, 6) is 0.367. The summed E-state index contributed by atoms with van der Waals surface area (Å²) in [6.45, 7) is 2.18. The standard InChI is InChI=1S/C21H20ClN3O4S/c1-3-29-14-8-9-16(28-2)13(10-14)11-24-25-18(26)12-23-21(27)20-19(22)15-6-4-5-7-17(15)30-20/h4-11H,3,12H2,1-2H3,(H,23,27)(H,25,26).